The number of likely N-dealkylation sites (tertiary alicyclic amines) is 1. The second-order valence-electron chi connectivity index (χ2n) is 7.90. The third-order valence-corrected chi connectivity index (χ3v) is 6.64. The number of carbonyl (C=O) groups excluding carboxylic acids is 2. The van der Waals surface area contributed by atoms with E-state index in [1.807, 2.05) is 0 Å². The zero-order valence-electron chi connectivity index (χ0n) is 17.1. The first-order chi connectivity index (χ1) is 14.9. The zero-order valence-corrected chi connectivity index (χ0v) is 18.6. The summed E-state index contributed by atoms with van der Waals surface area (Å²) in [5.74, 6) is -1.12. The minimum atomic E-state index is -0.707. The Balaban J connectivity index is 1.90. The van der Waals surface area contributed by atoms with Crippen molar-refractivity contribution in [2.24, 2.45) is 0 Å². The van der Waals surface area contributed by atoms with Gasteiger partial charge >= 0.3 is 0 Å². The number of hydrogen-bond donors (Lipinski definition) is 1. The second-order valence-corrected chi connectivity index (χ2v) is 8.74. The summed E-state index contributed by atoms with van der Waals surface area (Å²) in [6, 6.07) is 11.1. The largest absolute Gasteiger partial charge is 0.507 e. The first kappa shape index (κ1) is 21.7. The molecule has 1 N–H and O–H groups in total. The minimum Gasteiger partial charge on any atom is -0.507 e. The van der Waals surface area contributed by atoms with E-state index in [-0.39, 0.29) is 28.0 Å². The first-order valence-corrected chi connectivity index (χ1v) is 11.1. The van der Waals surface area contributed by atoms with Crippen LogP contribution in [0.5, 0.6) is 5.75 Å². The van der Waals surface area contributed by atoms with Gasteiger partial charge in [-0.25, -0.2) is 0 Å². The van der Waals surface area contributed by atoms with Gasteiger partial charge in [0.2, 0.25) is 0 Å². The van der Waals surface area contributed by atoms with Crippen molar-refractivity contribution < 1.29 is 19.4 Å². The smallest absolute Gasteiger partial charge is 0.295 e. The van der Waals surface area contributed by atoms with Crippen LogP contribution in [0.1, 0.15) is 49.3 Å². The number of nitrogens with zero attached hydrogens (tertiary/aromatic N) is 1. The molecule has 1 atom stereocenters. The number of rotatable bonds is 4. The number of aliphatic hydroxyl groups excluding tert-OH is 1. The predicted molar refractivity (Wildman–Crippen MR) is 120 cm³/mol. The molecule has 1 saturated heterocycles. The molecule has 1 unspecified atom stereocenters. The quantitative estimate of drug-likeness (QED) is 0.358. The van der Waals surface area contributed by atoms with Crippen molar-refractivity contribution in [1.82, 2.24) is 4.90 Å². The summed E-state index contributed by atoms with van der Waals surface area (Å²) in [4.78, 5) is 28.0. The molecule has 0 radical (unpaired) electrons. The van der Waals surface area contributed by atoms with Crippen molar-refractivity contribution in [2.75, 3.05) is 7.11 Å². The van der Waals surface area contributed by atoms with Crippen LogP contribution in [-0.4, -0.2) is 34.8 Å². The van der Waals surface area contributed by atoms with Crippen LogP contribution in [-0.2, 0) is 9.59 Å². The monoisotopic (exact) mass is 459 g/mol. The van der Waals surface area contributed by atoms with Crippen LogP contribution in [0, 0.1) is 0 Å². The van der Waals surface area contributed by atoms with E-state index in [0.717, 1.165) is 37.7 Å². The van der Waals surface area contributed by atoms with Gasteiger partial charge in [0, 0.05) is 16.6 Å². The topological polar surface area (TPSA) is 66.8 Å². The lowest BCUT2D eigenvalue weighted by Gasteiger charge is -2.35. The first-order valence-electron chi connectivity index (χ1n) is 10.3. The standard InChI is InChI=1S/C24H23Cl2NO4/c1-31-17-11-12-19(26)18(13-17)22(28)20-21(14-7-9-15(25)10-8-14)27(24(30)23(20)29)16-5-3-2-4-6-16/h7-13,16,21,28H,2-6H2,1H3/b22-20+. The Morgan fingerprint density at radius 2 is 1.71 bits per heavy atom. The summed E-state index contributed by atoms with van der Waals surface area (Å²) in [5.41, 5.74) is 1.00. The molecule has 2 fully saturated rings. The van der Waals surface area contributed by atoms with E-state index in [9.17, 15) is 14.7 Å². The lowest BCUT2D eigenvalue weighted by atomic mass is 9.91. The molecule has 1 aliphatic heterocycles. The molecule has 31 heavy (non-hydrogen) atoms. The van der Waals surface area contributed by atoms with Crippen LogP contribution >= 0.6 is 23.2 Å². The van der Waals surface area contributed by atoms with Gasteiger partial charge in [-0.2, -0.15) is 0 Å². The number of halogens is 2. The van der Waals surface area contributed by atoms with E-state index in [4.69, 9.17) is 27.9 Å². The molecule has 0 aromatic heterocycles. The van der Waals surface area contributed by atoms with Crippen LogP contribution in [0.25, 0.3) is 5.76 Å². The van der Waals surface area contributed by atoms with E-state index < -0.39 is 17.7 Å². The molecule has 1 aliphatic carbocycles. The van der Waals surface area contributed by atoms with Gasteiger partial charge in [-0.3, -0.25) is 9.59 Å². The third kappa shape index (κ3) is 4.04. The number of carbonyl (C=O) groups is 2. The Bertz CT molecular complexity index is 1040. The molecule has 1 heterocycles. The van der Waals surface area contributed by atoms with Crippen molar-refractivity contribution in [3.63, 3.8) is 0 Å². The van der Waals surface area contributed by atoms with Gasteiger partial charge in [-0.1, -0.05) is 54.6 Å². The second kappa shape index (κ2) is 8.93. The molecule has 1 saturated carbocycles. The van der Waals surface area contributed by atoms with Crippen LogP contribution < -0.4 is 4.74 Å². The maximum absolute atomic E-state index is 13.2. The number of aliphatic hydroxyl groups is 1. The SMILES string of the molecule is COc1ccc(Cl)c(/C(O)=C2\C(=O)C(=O)N(C3CCCCC3)C2c2ccc(Cl)cc2)c1. The van der Waals surface area contributed by atoms with Crippen molar-refractivity contribution in [2.45, 2.75) is 44.2 Å². The van der Waals surface area contributed by atoms with Crippen LogP contribution in [0.15, 0.2) is 48.0 Å². The fourth-order valence-corrected chi connectivity index (χ4v) is 4.85. The fourth-order valence-electron chi connectivity index (χ4n) is 4.52. The Kier molecular flexibility index (Phi) is 6.26. The molecule has 5 nitrogen and oxygen atoms in total. The molecule has 1 amide bonds. The van der Waals surface area contributed by atoms with Crippen molar-refractivity contribution in [3.8, 4) is 5.75 Å². The minimum absolute atomic E-state index is 0.0352. The molecule has 0 bridgehead atoms. The fraction of sp³-hybridized carbons (Fsp3) is 0.333. The van der Waals surface area contributed by atoms with Crippen molar-refractivity contribution in [1.29, 1.82) is 0 Å². The molecule has 7 heteroatoms. The summed E-state index contributed by atoms with van der Waals surface area (Å²) in [7, 11) is 1.50. The lowest BCUT2D eigenvalue weighted by Crippen LogP contribution is -2.40. The lowest BCUT2D eigenvalue weighted by molar-refractivity contribution is -0.141. The van der Waals surface area contributed by atoms with Gasteiger partial charge in [0.1, 0.15) is 11.5 Å². The van der Waals surface area contributed by atoms with E-state index >= 15 is 0 Å². The molecular formula is C24H23Cl2NO4. The van der Waals surface area contributed by atoms with Gasteiger partial charge < -0.3 is 14.7 Å². The van der Waals surface area contributed by atoms with Gasteiger partial charge in [0.15, 0.2) is 0 Å². The van der Waals surface area contributed by atoms with E-state index in [0.29, 0.717) is 10.8 Å². The van der Waals surface area contributed by atoms with Gasteiger partial charge in [-0.05, 0) is 48.7 Å². The number of methoxy groups -OCH3 is 1. The van der Waals surface area contributed by atoms with E-state index in [2.05, 4.69) is 0 Å². The molecule has 2 aromatic rings. The van der Waals surface area contributed by atoms with Crippen LogP contribution in [0.2, 0.25) is 10.0 Å². The number of ketones is 1. The van der Waals surface area contributed by atoms with Crippen LogP contribution in [0.4, 0.5) is 0 Å². The predicted octanol–water partition coefficient (Wildman–Crippen LogP) is 5.76. The van der Waals surface area contributed by atoms with E-state index in [1.165, 1.54) is 7.11 Å². The van der Waals surface area contributed by atoms with E-state index in [1.54, 1.807) is 47.4 Å². The molecule has 0 spiro atoms. The van der Waals surface area contributed by atoms with Crippen LogP contribution in [0.3, 0.4) is 0 Å². The average Bonchev–Trinajstić information content (AvgIpc) is 3.05. The highest BCUT2D eigenvalue weighted by Crippen LogP contribution is 2.44. The third-order valence-electron chi connectivity index (χ3n) is 6.06. The van der Waals surface area contributed by atoms with Gasteiger partial charge in [-0.15, -0.1) is 0 Å². The molecule has 4 rings (SSSR count). The molecule has 162 valence electrons. The highest BCUT2D eigenvalue weighted by Gasteiger charge is 2.49. The Hall–Kier alpha value is -2.50. The molecule has 2 aliphatic rings. The molecule has 2 aromatic carbocycles. The number of amides is 1. The normalized spacial score (nSPS) is 21.5. The highest BCUT2D eigenvalue weighted by molar-refractivity contribution is 6.47. The van der Waals surface area contributed by atoms with Gasteiger partial charge in [0.25, 0.3) is 11.7 Å². The highest BCUT2D eigenvalue weighted by atomic mass is 35.5. The number of hydrogen-bond acceptors (Lipinski definition) is 4. The zero-order chi connectivity index (χ0) is 22.1. The summed E-state index contributed by atoms with van der Waals surface area (Å²) < 4.78 is 5.24. The Morgan fingerprint density at radius 3 is 2.35 bits per heavy atom. The van der Waals surface area contributed by atoms with Gasteiger partial charge in [0.05, 0.1) is 23.7 Å². The molecular weight excluding hydrogens is 437 g/mol. The Labute approximate surface area is 191 Å². The average molecular weight is 460 g/mol. The maximum atomic E-state index is 13.2. The number of benzene rings is 2. The summed E-state index contributed by atoms with van der Waals surface area (Å²) in [6.45, 7) is 0. The number of ether oxygens (including phenoxy) is 1. The maximum Gasteiger partial charge on any atom is 0.295 e. The Morgan fingerprint density at radius 1 is 1.03 bits per heavy atom. The van der Waals surface area contributed by atoms with Crippen molar-refractivity contribution in [3.05, 3.63) is 69.2 Å². The van der Waals surface area contributed by atoms with Crippen molar-refractivity contribution >= 4 is 40.7 Å². The summed E-state index contributed by atoms with van der Waals surface area (Å²) in [6.07, 6.45) is 4.78. The summed E-state index contributed by atoms with van der Waals surface area (Å²) in [5, 5.41) is 12.0. The summed E-state index contributed by atoms with van der Waals surface area (Å²) >= 11 is 12.4. The number of Topliss-reactive ketones (excluding diaryl/α,β-unsaturated/α-hetero) is 1.